The first-order chi connectivity index (χ1) is 17.8. The van der Waals surface area contributed by atoms with Crippen molar-refractivity contribution in [1.29, 1.82) is 0 Å². The van der Waals surface area contributed by atoms with Gasteiger partial charge in [0.2, 0.25) is 0 Å². The summed E-state index contributed by atoms with van der Waals surface area (Å²) in [6.45, 7) is 0. The molecular formula is C34H21NS. The van der Waals surface area contributed by atoms with Crippen molar-refractivity contribution in [3.63, 3.8) is 0 Å². The van der Waals surface area contributed by atoms with Crippen LogP contribution in [0.25, 0.3) is 75.0 Å². The van der Waals surface area contributed by atoms with E-state index in [1.165, 1.54) is 75.0 Å². The molecule has 0 aliphatic heterocycles. The van der Waals surface area contributed by atoms with Gasteiger partial charge < -0.3 is 4.98 Å². The Labute approximate surface area is 212 Å². The average molecular weight is 476 g/mol. The van der Waals surface area contributed by atoms with Gasteiger partial charge in [0.25, 0.3) is 0 Å². The first kappa shape index (κ1) is 19.9. The fraction of sp³-hybridized carbons (Fsp3) is 0. The minimum Gasteiger partial charge on any atom is -0.354 e. The highest BCUT2D eigenvalue weighted by atomic mass is 32.1. The van der Waals surface area contributed by atoms with E-state index in [4.69, 9.17) is 0 Å². The molecule has 0 fully saturated rings. The average Bonchev–Trinajstić information content (AvgIpc) is 3.49. The summed E-state index contributed by atoms with van der Waals surface area (Å²) in [4.78, 5) is 3.67. The molecule has 0 spiro atoms. The van der Waals surface area contributed by atoms with Gasteiger partial charge in [-0.05, 0) is 57.3 Å². The Kier molecular flexibility index (Phi) is 4.16. The summed E-state index contributed by atoms with van der Waals surface area (Å²) < 4.78 is 2.70. The second-order valence-electron chi connectivity index (χ2n) is 9.49. The highest BCUT2D eigenvalue weighted by molar-refractivity contribution is 7.26. The molecular weight excluding hydrogens is 454 g/mol. The van der Waals surface area contributed by atoms with Crippen molar-refractivity contribution in [3.05, 3.63) is 121 Å². The van der Waals surface area contributed by atoms with E-state index in [1.807, 2.05) is 11.3 Å². The number of nitrogens with one attached hydrogen (secondary N) is 1. The number of rotatable bonds is 2. The van der Waals surface area contributed by atoms with Crippen LogP contribution in [0.4, 0.5) is 0 Å². The third-order valence-corrected chi connectivity index (χ3v) is 8.61. The quantitative estimate of drug-likeness (QED) is 0.256. The van der Waals surface area contributed by atoms with Crippen molar-refractivity contribution in [2.24, 2.45) is 0 Å². The van der Waals surface area contributed by atoms with Crippen LogP contribution >= 0.6 is 11.3 Å². The molecule has 1 nitrogen and oxygen atoms in total. The second-order valence-corrected chi connectivity index (χ2v) is 10.5. The number of thiophene rings is 1. The van der Waals surface area contributed by atoms with Gasteiger partial charge in [-0.25, -0.2) is 0 Å². The molecule has 0 radical (unpaired) electrons. The maximum Gasteiger partial charge on any atom is 0.0479 e. The Hall–Kier alpha value is -4.40. The molecule has 2 heterocycles. The predicted octanol–water partition coefficient (Wildman–Crippen LogP) is 10.2. The zero-order chi connectivity index (χ0) is 23.6. The summed E-state index contributed by atoms with van der Waals surface area (Å²) in [7, 11) is 0. The van der Waals surface area contributed by atoms with Crippen LogP contribution in [0.2, 0.25) is 0 Å². The molecule has 0 unspecified atom stereocenters. The van der Waals surface area contributed by atoms with Gasteiger partial charge in [0, 0.05) is 42.0 Å². The summed E-state index contributed by atoms with van der Waals surface area (Å²) >= 11 is 1.90. The van der Waals surface area contributed by atoms with E-state index in [1.54, 1.807) is 0 Å². The van der Waals surface area contributed by atoms with Gasteiger partial charge in [-0.2, -0.15) is 0 Å². The van der Waals surface area contributed by atoms with Crippen LogP contribution in [0.3, 0.4) is 0 Å². The lowest BCUT2D eigenvalue weighted by molar-refractivity contribution is 1.55. The summed E-state index contributed by atoms with van der Waals surface area (Å²) in [5, 5.41) is 7.88. The Bertz CT molecular complexity index is 2080. The van der Waals surface area contributed by atoms with Gasteiger partial charge in [0.15, 0.2) is 0 Å². The number of hydrogen-bond donors (Lipinski definition) is 1. The van der Waals surface area contributed by atoms with Crippen LogP contribution in [0.15, 0.2) is 121 Å². The molecule has 6 aromatic carbocycles. The Morgan fingerprint density at radius 3 is 1.97 bits per heavy atom. The first-order valence-corrected chi connectivity index (χ1v) is 13.1. The van der Waals surface area contributed by atoms with Crippen molar-refractivity contribution in [1.82, 2.24) is 4.98 Å². The highest BCUT2D eigenvalue weighted by Crippen LogP contribution is 2.41. The fourth-order valence-corrected chi connectivity index (χ4v) is 6.82. The van der Waals surface area contributed by atoms with Crippen LogP contribution in [-0.4, -0.2) is 4.98 Å². The smallest absolute Gasteiger partial charge is 0.0479 e. The maximum absolute atomic E-state index is 3.67. The molecule has 8 rings (SSSR count). The van der Waals surface area contributed by atoms with E-state index in [2.05, 4.69) is 126 Å². The van der Waals surface area contributed by atoms with E-state index in [-0.39, 0.29) is 0 Å². The van der Waals surface area contributed by atoms with Crippen molar-refractivity contribution in [3.8, 4) is 22.3 Å². The lowest BCUT2D eigenvalue weighted by Gasteiger charge is -2.05. The normalized spacial score (nSPS) is 11.9. The van der Waals surface area contributed by atoms with Crippen LogP contribution in [0.5, 0.6) is 0 Å². The first-order valence-electron chi connectivity index (χ1n) is 12.3. The van der Waals surface area contributed by atoms with Gasteiger partial charge >= 0.3 is 0 Å². The summed E-state index contributed by atoms with van der Waals surface area (Å²) in [5.74, 6) is 0. The second kappa shape index (κ2) is 7.55. The highest BCUT2D eigenvalue weighted by Gasteiger charge is 2.13. The van der Waals surface area contributed by atoms with Gasteiger partial charge in [-0.3, -0.25) is 0 Å². The van der Waals surface area contributed by atoms with Crippen molar-refractivity contribution in [2.75, 3.05) is 0 Å². The molecule has 2 aromatic heterocycles. The number of aromatic amines is 1. The van der Waals surface area contributed by atoms with E-state index in [9.17, 15) is 0 Å². The van der Waals surface area contributed by atoms with Crippen LogP contribution in [-0.2, 0) is 0 Å². The Morgan fingerprint density at radius 1 is 0.417 bits per heavy atom. The van der Waals surface area contributed by atoms with Crippen LogP contribution < -0.4 is 0 Å². The zero-order valence-electron chi connectivity index (χ0n) is 19.5. The number of fused-ring (bicyclic) bond motifs is 8. The molecule has 0 atom stereocenters. The molecule has 1 N–H and O–H groups in total. The topological polar surface area (TPSA) is 15.8 Å². The number of aromatic nitrogens is 1. The molecule has 0 bridgehead atoms. The lowest BCUT2D eigenvalue weighted by atomic mass is 9.99. The molecule has 36 heavy (non-hydrogen) atoms. The van der Waals surface area contributed by atoms with E-state index in [0.717, 1.165) is 0 Å². The largest absolute Gasteiger partial charge is 0.354 e. The van der Waals surface area contributed by atoms with E-state index >= 15 is 0 Å². The summed E-state index contributed by atoms with van der Waals surface area (Å²) in [6, 6.07) is 44.2. The molecule has 168 valence electrons. The van der Waals surface area contributed by atoms with E-state index < -0.39 is 0 Å². The monoisotopic (exact) mass is 475 g/mol. The summed E-state index contributed by atoms with van der Waals surface area (Å²) in [6.07, 6.45) is 0. The molecule has 0 aliphatic carbocycles. The van der Waals surface area contributed by atoms with Gasteiger partial charge in [-0.15, -0.1) is 11.3 Å². The maximum atomic E-state index is 3.67. The van der Waals surface area contributed by atoms with E-state index in [0.29, 0.717) is 0 Å². The standard InChI is InChI=1S/C34H21NS/c1-2-6-21(7-3-1)22-10-12-23(13-11-22)25-15-17-31-28(18-25)29-19-30-27-16-14-24-8-4-5-9-26(24)34(27)36-33(30)20-32(29)35-31/h1-20,35H. The Morgan fingerprint density at radius 2 is 1.11 bits per heavy atom. The van der Waals surface area contributed by atoms with Gasteiger partial charge in [0.05, 0.1) is 0 Å². The van der Waals surface area contributed by atoms with Crippen molar-refractivity contribution in [2.45, 2.75) is 0 Å². The SMILES string of the molecule is c1ccc(-c2ccc(-c3ccc4[nH]c5cc6sc7c8ccccc8ccc7c6cc5c4c3)cc2)cc1. The van der Waals surface area contributed by atoms with Crippen LogP contribution in [0.1, 0.15) is 0 Å². The number of H-pyrrole nitrogens is 1. The third-order valence-electron chi connectivity index (χ3n) is 7.41. The molecule has 0 saturated carbocycles. The minimum absolute atomic E-state index is 1.18. The minimum atomic E-state index is 1.18. The van der Waals surface area contributed by atoms with Crippen molar-refractivity contribution < 1.29 is 0 Å². The Balaban J connectivity index is 1.29. The lowest BCUT2D eigenvalue weighted by Crippen LogP contribution is -1.80. The predicted molar refractivity (Wildman–Crippen MR) is 157 cm³/mol. The van der Waals surface area contributed by atoms with Crippen molar-refractivity contribution >= 4 is 64.1 Å². The van der Waals surface area contributed by atoms with Gasteiger partial charge in [0.1, 0.15) is 0 Å². The number of benzene rings is 6. The van der Waals surface area contributed by atoms with Crippen LogP contribution in [0, 0.1) is 0 Å². The molecule has 2 heteroatoms. The molecule has 8 aromatic rings. The zero-order valence-corrected chi connectivity index (χ0v) is 20.3. The molecule has 0 aliphatic rings. The fourth-order valence-electron chi connectivity index (χ4n) is 5.56. The molecule has 0 amide bonds. The van der Waals surface area contributed by atoms with Gasteiger partial charge in [-0.1, -0.05) is 97.1 Å². The molecule has 0 saturated heterocycles. The number of hydrogen-bond acceptors (Lipinski definition) is 1. The third kappa shape index (κ3) is 2.95. The summed E-state index contributed by atoms with van der Waals surface area (Å²) in [5.41, 5.74) is 7.35.